The molecule has 4 rings (SSSR count). The van der Waals surface area contributed by atoms with Crippen LogP contribution in [0.15, 0.2) is 84.0 Å². The van der Waals surface area contributed by atoms with Gasteiger partial charge in [0.2, 0.25) is 5.91 Å². The molecule has 1 fully saturated rings. The van der Waals surface area contributed by atoms with Crippen LogP contribution in [0.25, 0.3) is 0 Å². The first-order valence-corrected chi connectivity index (χ1v) is 12.3. The van der Waals surface area contributed by atoms with Crippen LogP contribution in [0.2, 0.25) is 0 Å². The van der Waals surface area contributed by atoms with E-state index in [0.29, 0.717) is 24.5 Å². The first-order chi connectivity index (χ1) is 16.6. The molecule has 174 valence electrons. The number of rotatable bonds is 9. The molecule has 0 aromatic heterocycles. The van der Waals surface area contributed by atoms with Gasteiger partial charge in [0.05, 0.1) is 18.6 Å². The summed E-state index contributed by atoms with van der Waals surface area (Å²) in [6, 6.07) is 25.0. The first kappa shape index (κ1) is 23.6. The zero-order valence-corrected chi connectivity index (χ0v) is 19.8. The van der Waals surface area contributed by atoms with E-state index in [1.807, 2.05) is 66.4 Å². The molecule has 6 nitrogen and oxygen atoms in total. The Hall–Kier alpha value is -3.58. The molecule has 1 saturated heterocycles. The van der Waals surface area contributed by atoms with E-state index >= 15 is 0 Å². The SMILES string of the molecule is CCOc1ccc(/C=N\NC(=O)c2ccc([C@H]3SCC(=O)N3CCc3ccccc3)cc2)cc1. The van der Waals surface area contributed by atoms with E-state index < -0.39 is 0 Å². The number of hydrogen-bond acceptors (Lipinski definition) is 5. The zero-order chi connectivity index (χ0) is 23.8. The molecule has 0 aliphatic carbocycles. The van der Waals surface area contributed by atoms with Crippen molar-refractivity contribution in [2.45, 2.75) is 18.7 Å². The summed E-state index contributed by atoms with van der Waals surface area (Å²) >= 11 is 1.62. The molecule has 1 atom stereocenters. The minimum absolute atomic E-state index is 0.0361. The molecule has 7 heteroatoms. The second-order valence-corrected chi connectivity index (χ2v) is 8.88. The van der Waals surface area contributed by atoms with Crippen LogP contribution >= 0.6 is 11.8 Å². The van der Waals surface area contributed by atoms with Crippen molar-refractivity contribution in [2.24, 2.45) is 5.10 Å². The summed E-state index contributed by atoms with van der Waals surface area (Å²) in [6.07, 6.45) is 2.41. The van der Waals surface area contributed by atoms with Gasteiger partial charge >= 0.3 is 0 Å². The summed E-state index contributed by atoms with van der Waals surface area (Å²) in [6.45, 7) is 3.22. The third-order valence-corrected chi connectivity index (χ3v) is 6.74. The molecule has 0 bridgehead atoms. The van der Waals surface area contributed by atoms with Crippen LogP contribution in [0.5, 0.6) is 5.75 Å². The van der Waals surface area contributed by atoms with Crippen LogP contribution in [0, 0.1) is 0 Å². The second kappa shape index (κ2) is 11.5. The standard InChI is InChI=1S/C27H27N3O3S/c1-2-33-24-14-8-21(9-15-24)18-28-29-26(32)22-10-12-23(13-11-22)27-30(25(31)19-34-27)17-16-20-6-4-3-5-7-20/h3-15,18,27H,2,16-17,19H2,1H3,(H,29,32)/b28-18-/t27-/m1/s1. The maximum Gasteiger partial charge on any atom is 0.271 e. The maximum absolute atomic E-state index is 12.5. The summed E-state index contributed by atoms with van der Waals surface area (Å²) < 4.78 is 5.42. The molecular weight excluding hydrogens is 446 g/mol. The van der Waals surface area contributed by atoms with Gasteiger partial charge in [-0.1, -0.05) is 42.5 Å². The Bertz CT molecular complexity index is 1130. The Kier molecular flexibility index (Phi) is 7.99. The van der Waals surface area contributed by atoms with Crippen molar-refractivity contribution in [2.75, 3.05) is 18.9 Å². The molecule has 1 heterocycles. The summed E-state index contributed by atoms with van der Waals surface area (Å²) in [5.41, 5.74) is 6.15. The van der Waals surface area contributed by atoms with Crippen molar-refractivity contribution in [1.82, 2.24) is 10.3 Å². The third-order valence-electron chi connectivity index (χ3n) is 5.48. The van der Waals surface area contributed by atoms with Crippen LogP contribution in [0.3, 0.4) is 0 Å². The minimum atomic E-state index is -0.287. The number of carbonyl (C=O) groups excluding carboxylic acids is 2. The molecular formula is C27H27N3O3S. The van der Waals surface area contributed by atoms with Crippen molar-refractivity contribution in [1.29, 1.82) is 0 Å². The third kappa shape index (κ3) is 6.05. The molecule has 0 unspecified atom stereocenters. The van der Waals surface area contributed by atoms with Crippen molar-refractivity contribution < 1.29 is 14.3 Å². The largest absolute Gasteiger partial charge is 0.494 e. The van der Waals surface area contributed by atoms with Gasteiger partial charge in [0.15, 0.2) is 0 Å². The molecule has 1 aliphatic rings. The van der Waals surface area contributed by atoms with Crippen LogP contribution in [0.1, 0.15) is 39.3 Å². The average Bonchev–Trinajstić information content (AvgIpc) is 3.24. The van der Waals surface area contributed by atoms with E-state index in [4.69, 9.17) is 4.74 Å². The summed E-state index contributed by atoms with van der Waals surface area (Å²) in [7, 11) is 0. The number of amides is 2. The Balaban J connectivity index is 1.34. The van der Waals surface area contributed by atoms with Gasteiger partial charge in [-0.15, -0.1) is 11.8 Å². The number of hydrogen-bond donors (Lipinski definition) is 1. The lowest BCUT2D eigenvalue weighted by molar-refractivity contribution is -0.128. The molecule has 3 aromatic carbocycles. The lowest BCUT2D eigenvalue weighted by atomic mass is 10.1. The fourth-order valence-corrected chi connectivity index (χ4v) is 4.93. The fraction of sp³-hybridized carbons (Fsp3) is 0.222. The fourth-order valence-electron chi connectivity index (χ4n) is 3.71. The molecule has 0 radical (unpaired) electrons. The average molecular weight is 474 g/mol. The maximum atomic E-state index is 12.5. The monoisotopic (exact) mass is 473 g/mol. The van der Waals surface area contributed by atoms with Gasteiger partial charge in [-0.05, 0) is 66.4 Å². The van der Waals surface area contributed by atoms with Crippen molar-refractivity contribution >= 4 is 29.8 Å². The summed E-state index contributed by atoms with van der Waals surface area (Å²) in [4.78, 5) is 26.9. The highest BCUT2D eigenvalue weighted by molar-refractivity contribution is 8.00. The van der Waals surface area contributed by atoms with E-state index in [1.54, 1.807) is 30.1 Å². The van der Waals surface area contributed by atoms with Gasteiger partial charge in [0, 0.05) is 12.1 Å². The molecule has 0 spiro atoms. The van der Waals surface area contributed by atoms with Gasteiger partial charge in [-0.3, -0.25) is 9.59 Å². The van der Waals surface area contributed by atoms with E-state index in [2.05, 4.69) is 22.7 Å². The number of thioether (sulfide) groups is 1. The molecule has 1 N–H and O–H groups in total. The molecule has 34 heavy (non-hydrogen) atoms. The molecule has 0 saturated carbocycles. The molecule has 1 aliphatic heterocycles. The lowest BCUT2D eigenvalue weighted by Gasteiger charge is -2.24. The van der Waals surface area contributed by atoms with Gasteiger partial charge < -0.3 is 9.64 Å². The Morgan fingerprint density at radius 3 is 2.53 bits per heavy atom. The topological polar surface area (TPSA) is 71.0 Å². The number of benzene rings is 3. The predicted molar refractivity (Wildman–Crippen MR) is 136 cm³/mol. The van der Waals surface area contributed by atoms with Crippen LogP contribution in [-0.4, -0.2) is 41.8 Å². The zero-order valence-electron chi connectivity index (χ0n) is 19.0. The number of carbonyl (C=O) groups is 2. The van der Waals surface area contributed by atoms with E-state index in [0.717, 1.165) is 23.3 Å². The Morgan fingerprint density at radius 2 is 1.82 bits per heavy atom. The van der Waals surface area contributed by atoms with Crippen molar-refractivity contribution in [3.63, 3.8) is 0 Å². The molecule has 3 aromatic rings. The Labute approximate surface area is 204 Å². The number of nitrogens with one attached hydrogen (secondary N) is 1. The summed E-state index contributed by atoms with van der Waals surface area (Å²) in [5.74, 6) is 1.13. The van der Waals surface area contributed by atoms with Crippen LogP contribution < -0.4 is 10.2 Å². The van der Waals surface area contributed by atoms with E-state index in [-0.39, 0.29) is 17.2 Å². The van der Waals surface area contributed by atoms with Gasteiger partial charge in [-0.25, -0.2) is 5.43 Å². The van der Waals surface area contributed by atoms with Crippen LogP contribution in [-0.2, 0) is 11.2 Å². The van der Waals surface area contributed by atoms with Crippen molar-refractivity contribution in [3.8, 4) is 5.75 Å². The number of hydrazone groups is 1. The highest BCUT2D eigenvalue weighted by Crippen LogP contribution is 2.38. The van der Waals surface area contributed by atoms with Gasteiger partial charge in [0.25, 0.3) is 5.91 Å². The lowest BCUT2D eigenvalue weighted by Crippen LogP contribution is -2.30. The summed E-state index contributed by atoms with van der Waals surface area (Å²) in [5, 5.41) is 4.01. The highest BCUT2D eigenvalue weighted by atomic mass is 32.2. The first-order valence-electron chi connectivity index (χ1n) is 11.3. The highest BCUT2D eigenvalue weighted by Gasteiger charge is 2.32. The Morgan fingerprint density at radius 1 is 1.09 bits per heavy atom. The van der Waals surface area contributed by atoms with Crippen LogP contribution in [0.4, 0.5) is 0 Å². The van der Waals surface area contributed by atoms with Gasteiger partial charge in [-0.2, -0.15) is 5.10 Å². The minimum Gasteiger partial charge on any atom is -0.494 e. The molecule has 2 amide bonds. The van der Waals surface area contributed by atoms with E-state index in [9.17, 15) is 9.59 Å². The normalized spacial score (nSPS) is 15.6. The predicted octanol–water partition coefficient (Wildman–Crippen LogP) is 4.67. The van der Waals surface area contributed by atoms with E-state index in [1.165, 1.54) is 5.56 Å². The van der Waals surface area contributed by atoms with Gasteiger partial charge in [0.1, 0.15) is 11.1 Å². The quantitative estimate of drug-likeness (QED) is 0.362. The smallest absolute Gasteiger partial charge is 0.271 e. The number of ether oxygens (including phenoxy) is 1. The number of nitrogens with zero attached hydrogens (tertiary/aromatic N) is 2. The van der Waals surface area contributed by atoms with Crippen molar-refractivity contribution in [3.05, 3.63) is 101 Å². The second-order valence-electron chi connectivity index (χ2n) is 7.81.